The van der Waals surface area contributed by atoms with Crippen LogP contribution in [0.1, 0.15) is 18.1 Å². The van der Waals surface area contributed by atoms with Gasteiger partial charge in [-0.3, -0.25) is 14.4 Å². The third kappa shape index (κ3) is 7.56. The van der Waals surface area contributed by atoms with Gasteiger partial charge in [-0.15, -0.1) is 0 Å². The molecule has 0 bridgehead atoms. The number of rotatable bonds is 10. The molecule has 0 radical (unpaired) electrons. The van der Waals surface area contributed by atoms with Gasteiger partial charge in [0, 0.05) is 16.9 Å². The van der Waals surface area contributed by atoms with Crippen molar-refractivity contribution >= 4 is 35.3 Å². The van der Waals surface area contributed by atoms with Crippen molar-refractivity contribution in [2.75, 3.05) is 31.5 Å². The van der Waals surface area contributed by atoms with E-state index in [1.807, 2.05) is 19.1 Å². The maximum absolute atomic E-state index is 12.4. The van der Waals surface area contributed by atoms with Crippen LogP contribution in [0.2, 0.25) is 0 Å². The lowest BCUT2D eigenvalue weighted by Gasteiger charge is -2.13. The third-order valence-electron chi connectivity index (χ3n) is 5.17. The summed E-state index contributed by atoms with van der Waals surface area (Å²) < 4.78 is 16.1. The van der Waals surface area contributed by atoms with Gasteiger partial charge in [0.2, 0.25) is 0 Å². The Bertz CT molecular complexity index is 1270. The molecule has 0 heterocycles. The number of hydrazone groups is 1. The molecule has 0 saturated carbocycles. The summed E-state index contributed by atoms with van der Waals surface area (Å²) >= 11 is 0. The van der Waals surface area contributed by atoms with Crippen LogP contribution >= 0.6 is 0 Å². The zero-order valence-electron chi connectivity index (χ0n) is 20.7. The van der Waals surface area contributed by atoms with Crippen LogP contribution in [-0.2, 0) is 20.8 Å². The number of carbonyl (C=O) groups excluding carboxylic acids is 3. The average molecular weight is 505 g/mol. The average Bonchev–Trinajstić information content (AvgIpc) is 2.92. The molecule has 0 unspecified atom stereocenters. The van der Waals surface area contributed by atoms with Crippen LogP contribution in [-0.4, -0.2) is 44.8 Å². The Balaban J connectivity index is 1.62. The van der Waals surface area contributed by atoms with Crippen LogP contribution in [0.5, 0.6) is 17.2 Å². The fraction of sp³-hybridized carbons (Fsp3) is 0.185. The van der Waals surface area contributed by atoms with E-state index in [-0.39, 0.29) is 12.4 Å². The second-order valence-corrected chi connectivity index (χ2v) is 7.61. The van der Waals surface area contributed by atoms with Gasteiger partial charge in [-0.1, -0.05) is 31.2 Å². The van der Waals surface area contributed by atoms with Crippen molar-refractivity contribution in [2.24, 2.45) is 5.10 Å². The van der Waals surface area contributed by atoms with Gasteiger partial charge in [-0.05, 0) is 54.4 Å². The van der Waals surface area contributed by atoms with Crippen molar-refractivity contribution in [2.45, 2.75) is 13.3 Å². The number of benzene rings is 3. The number of amides is 3. The molecule has 3 amide bonds. The van der Waals surface area contributed by atoms with Gasteiger partial charge in [-0.2, -0.15) is 5.10 Å². The summed E-state index contributed by atoms with van der Waals surface area (Å²) in [5.74, 6) is -0.906. The quantitative estimate of drug-likeness (QED) is 0.221. The highest BCUT2D eigenvalue weighted by Gasteiger charge is 2.15. The molecule has 0 atom stereocenters. The molecule has 0 fully saturated rings. The number of anilines is 2. The largest absolute Gasteiger partial charge is 0.497 e. The van der Waals surface area contributed by atoms with Gasteiger partial charge in [-0.25, -0.2) is 5.43 Å². The Labute approximate surface area is 214 Å². The highest BCUT2D eigenvalue weighted by atomic mass is 16.5. The van der Waals surface area contributed by atoms with Crippen molar-refractivity contribution in [3.05, 3.63) is 77.9 Å². The summed E-state index contributed by atoms with van der Waals surface area (Å²) in [4.78, 5) is 36.9. The third-order valence-corrected chi connectivity index (χ3v) is 5.17. The smallest absolute Gasteiger partial charge is 0.329 e. The monoisotopic (exact) mass is 504 g/mol. The maximum Gasteiger partial charge on any atom is 0.329 e. The lowest BCUT2D eigenvalue weighted by Crippen LogP contribution is -2.32. The van der Waals surface area contributed by atoms with E-state index in [4.69, 9.17) is 14.2 Å². The number of nitrogens with zero attached hydrogens (tertiary/aromatic N) is 1. The minimum Gasteiger partial charge on any atom is -0.497 e. The predicted molar refractivity (Wildman–Crippen MR) is 140 cm³/mol. The summed E-state index contributed by atoms with van der Waals surface area (Å²) in [5, 5.41) is 9.16. The molecule has 0 saturated heterocycles. The Morgan fingerprint density at radius 1 is 0.865 bits per heavy atom. The van der Waals surface area contributed by atoms with Crippen molar-refractivity contribution in [1.82, 2.24) is 5.43 Å². The van der Waals surface area contributed by atoms with Gasteiger partial charge in [0.15, 0.2) is 18.1 Å². The number of methoxy groups -OCH3 is 2. The van der Waals surface area contributed by atoms with Crippen LogP contribution < -0.4 is 30.3 Å². The van der Waals surface area contributed by atoms with E-state index >= 15 is 0 Å². The Morgan fingerprint density at radius 3 is 2.32 bits per heavy atom. The fourth-order valence-electron chi connectivity index (χ4n) is 3.30. The predicted octanol–water partition coefficient (Wildman–Crippen LogP) is 3.37. The molecule has 0 aliphatic heterocycles. The van der Waals surface area contributed by atoms with Crippen LogP contribution in [0.3, 0.4) is 0 Å². The molecule has 10 nitrogen and oxygen atoms in total. The standard InChI is InChI=1S/C27H28N4O6/c1-4-18-8-5-6-10-22(18)30-26(33)27(34)31-28-16-19-9-7-11-23(36-3)25(19)37-17-24(32)29-20-12-14-21(35-2)15-13-20/h5-16H,4,17H2,1-3H3,(H,29,32)(H,30,33)(H,31,34)/b28-16-. The summed E-state index contributed by atoms with van der Waals surface area (Å²) in [6.45, 7) is 1.64. The number of carbonyl (C=O) groups is 3. The van der Waals surface area contributed by atoms with E-state index < -0.39 is 17.7 Å². The zero-order chi connectivity index (χ0) is 26.6. The number of hydrogen-bond donors (Lipinski definition) is 3. The minimum absolute atomic E-state index is 0.245. The van der Waals surface area contributed by atoms with Gasteiger partial charge in [0.25, 0.3) is 5.91 Å². The molecule has 37 heavy (non-hydrogen) atoms. The number of para-hydroxylation sites is 2. The summed E-state index contributed by atoms with van der Waals surface area (Å²) in [6.07, 6.45) is 2.00. The molecule has 192 valence electrons. The second kappa shape index (κ2) is 13.3. The molecule has 0 spiro atoms. The van der Waals surface area contributed by atoms with E-state index in [9.17, 15) is 14.4 Å². The van der Waals surface area contributed by atoms with Crippen LogP contribution in [0.15, 0.2) is 71.8 Å². The van der Waals surface area contributed by atoms with E-state index in [1.54, 1.807) is 61.7 Å². The van der Waals surface area contributed by atoms with Gasteiger partial charge in [0.1, 0.15) is 5.75 Å². The maximum atomic E-state index is 12.4. The molecule has 3 aromatic rings. The first kappa shape index (κ1) is 26.7. The van der Waals surface area contributed by atoms with Crippen molar-refractivity contribution in [1.29, 1.82) is 0 Å². The lowest BCUT2D eigenvalue weighted by molar-refractivity contribution is -0.136. The number of aryl methyl sites for hydroxylation is 1. The minimum atomic E-state index is -0.939. The fourth-order valence-corrected chi connectivity index (χ4v) is 3.30. The summed E-state index contributed by atoms with van der Waals surface area (Å²) in [6, 6.07) is 19.1. The lowest BCUT2D eigenvalue weighted by atomic mass is 10.1. The first-order chi connectivity index (χ1) is 17.9. The first-order valence-electron chi connectivity index (χ1n) is 11.4. The molecule has 3 aromatic carbocycles. The number of hydrogen-bond acceptors (Lipinski definition) is 7. The number of ether oxygens (including phenoxy) is 3. The molecule has 3 rings (SSSR count). The van der Waals surface area contributed by atoms with Crippen LogP contribution in [0.4, 0.5) is 11.4 Å². The van der Waals surface area contributed by atoms with Crippen molar-refractivity contribution in [3.63, 3.8) is 0 Å². The molecule has 3 N–H and O–H groups in total. The van der Waals surface area contributed by atoms with Crippen LogP contribution in [0.25, 0.3) is 0 Å². The SMILES string of the molecule is CCc1ccccc1NC(=O)C(=O)N/N=C\c1cccc(OC)c1OCC(=O)Nc1ccc(OC)cc1. The Kier molecular flexibility index (Phi) is 9.60. The van der Waals surface area contributed by atoms with Gasteiger partial charge >= 0.3 is 11.8 Å². The normalized spacial score (nSPS) is 10.5. The molecule has 0 aromatic heterocycles. The highest BCUT2D eigenvalue weighted by Crippen LogP contribution is 2.30. The molecule has 10 heteroatoms. The molecular weight excluding hydrogens is 476 g/mol. The van der Waals surface area contributed by atoms with E-state index in [0.29, 0.717) is 34.9 Å². The van der Waals surface area contributed by atoms with E-state index in [2.05, 4.69) is 21.2 Å². The van der Waals surface area contributed by atoms with Crippen LogP contribution in [0, 0.1) is 0 Å². The van der Waals surface area contributed by atoms with E-state index in [0.717, 1.165) is 5.56 Å². The summed E-state index contributed by atoms with van der Waals surface area (Å²) in [5.41, 5.74) is 4.66. The Hall–Kier alpha value is -4.86. The molecular formula is C27H28N4O6. The molecule has 0 aliphatic carbocycles. The highest BCUT2D eigenvalue weighted by molar-refractivity contribution is 6.39. The second-order valence-electron chi connectivity index (χ2n) is 7.61. The van der Waals surface area contributed by atoms with Gasteiger partial charge < -0.3 is 24.8 Å². The van der Waals surface area contributed by atoms with Gasteiger partial charge in [0.05, 0.1) is 20.4 Å². The first-order valence-corrected chi connectivity index (χ1v) is 11.4. The molecule has 0 aliphatic rings. The Morgan fingerprint density at radius 2 is 1.62 bits per heavy atom. The van der Waals surface area contributed by atoms with Crippen molar-refractivity contribution < 1.29 is 28.6 Å². The van der Waals surface area contributed by atoms with E-state index in [1.165, 1.54) is 13.3 Å². The topological polar surface area (TPSA) is 127 Å². The summed E-state index contributed by atoms with van der Waals surface area (Å²) in [7, 11) is 3.02. The number of nitrogens with one attached hydrogen (secondary N) is 3. The van der Waals surface area contributed by atoms with Crippen molar-refractivity contribution in [3.8, 4) is 17.2 Å². The zero-order valence-corrected chi connectivity index (χ0v) is 20.7.